The molecule has 0 aliphatic carbocycles. The molecule has 0 spiro atoms. The Kier molecular flexibility index (Phi) is 4.11. The van der Waals surface area contributed by atoms with Crippen molar-refractivity contribution in [3.8, 4) is 0 Å². The van der Waals surface area contributed by atoms with E-state index < -0.39 is 17.4 Å². The first-order valence-corrected chi connectivity index (χ1v) is 7.84. The molecule has 1 atom stereocenters. The summed E-state index contributed by atoms with van der Waals surface area (Å²) in [6.45, 7) is 4.89. The van der Waals surface area contributed by atoms with Gasteiger partial charge in [-0.05, 0) is 39.3 Å². The molecule has 0 saturated carbocycles. The second kappa shape index (κ2) is 5.84. The predicted molar refractivity (Wildman–Crippen MR) is 82.0 cm³/mol. The summed E-state index contributed by atoms with van der Waals surface area (Å²) in [5, 5.41) is 0. The van der Waals surface area contributed by atoms with Gasteiger partial charge in [-0.1, -0.05) is 0 Å². The number of aromatic nitrogens is 4. The van der Waals surface area contributed by atoms with Gasteiger partial charge in [0.1, 0.15) is 11.5 Å². The molecule has 8 heteroatoms. The summed E-state index contributed by atoms with van der Waals surface area (Å²) in [6, 6.07) is 0.993. The van der Waals surface area contributed by atoms with E-state index in [0.29, 0.717) is 12.2 Å². The predicted octanol–water partition coefficient (Wildman–Crippen LogP) is 3.05. The van der Waals surface area contributed by atoms with Crippen LogP contribution in [0, 0.1) is 6.92 Å². The van der Waals surface area contributed by atoms with Crippen LogP contribution >= 0.6 is 0 Å². The number of alkyl halides is 3. The number of imidazole rings is 1. The van der Waals surface area contributed by atoms with E-state index in [4.69, 9.17) is 0 Å². The van der Waals surface area contributed by atoms with E-state index in [1.807, 2.05) is 18.5 Å². The third-order valence-electron chi connectivity index (χ3n) is 4.69. The molecule has 1 fully saturated rings. The molecule has 2 aromatic heterocycles. The number of hydrogen-bond donors (Lipinski definition) is 0. The molecule has 3 rings (SSSR count). The number of likely N-dealkylation sites (tertiary alicyclic amines) is 1. The van der Waals surface area contributed by atoms with Gasteiger partial charge in [0.05, 0.1) is 17.6 Å². The van der Waals surface area contributed by atoms with Gasteiger partial charge in [0, 0.05) is 25.5 Å². The van der Waals surface area contributed by atoms with Gasteiger partial charge >= 0.3 is 6.18 Å². The Balaban J connectivity index is 1.97. The molecule has 3 heterocycles. The minimum absolute atomic E-state index is 0.245. The van der Waals surface area contributed by atoms with Crippen LogP contribution in [0.1, 0.15) is 42.7 Å². The molecule has 130 valence electrons. The van der Waals surface area contributed by atoms with Gasteiger partial charge < -0.3 is 4.57 Å². The van der Waals surface area contributed by atoms with Crippen LogP contribution in [0.4, 0.5) is 13.2 Å². The van der Waals surface area contributed by atoms with Crippen molar-refractivity contribution in [3.63, 3.8) is 0 Å². The third kappa shape index (κ3) is 3.02. The highest BCUT2D eigenvalue weighted by atomic mass is 19.4. The minimum Gasteiger partial charge on any atom is -0.337 e. The standard InChI is InChI=1S/C16H20F3N5/c1-11-7-13(16(17,18)19)22-14(21-11)15(2)5-4-6-24(15)9-12-8-20-10-23(12)3/h7-8,10H,4-6,9H2,1-3H3. The van der Waals surface area contributed by atoms with E-state index in [2.05, 4.69) is 19.9 Å². The van der Waals surface area contributed by atoms with Crippen LogP contribution in [0.15, 0.2) is 18.6 Å². The van der Waals surface area contributed by atoms with Crippen LogP contribution < -0.4 is 0 Å². The normalized spacial score (nSPS) is 22.2. The lowest BCUT2D eigenvalue weighted by molar-refractivity contribution is -0.141. The molecule has 1 aliphatic rings. The second-order valence-electron chi connectivity index (χ2n) is 6.51. The maximum atomic E-state index is 13.1. The van der Waals surface area contributed by atoms with Crippen molar-refractivity contribution in [2.75, 3.05) is 6.54 Å². The molecule has 2 aromatic rings. The largest absolute Gasteiger partial charge is 0.433 e. The fraction of sp³-hybridized carbons (Fsp3) is 0.562. The van der Waals surface area contributed by atoms with Crippen molar-refractivity contribution >= 4 is 0 Å². The molecule has 1 unspecified atom stereocenters. The Morgan fingerprint density at radius 2 is 2.04 bits per heavy atom. The minimum atomic E-state index is -4.47. The van der Waals surface area contributed by atoms with Crippen LogP contribution in [0.2, 0.25) is 0 Å². The molecule has 5 nitrogen and oxygen atoms in total. The second-order valence-corrected chi connectivity index (χ2v) is 6.51. The van der Waals surface area contributed by atoms with Crippen LogP contribution in [0.5, 0.6) is 0 Å². The van der Waals surface area contributed by atoms with Gasteiger partial charge in [0.2, 0.25) is 0 Å². The number of halogens is 3. The lowest BCUT2D eigenvalue weighted by Gasteiger charge is -2.34. The molecule has 0 N–H and O–H groups in total. The van der Waals surface area contributed by atoms with Gasteiger partial charge in [-0.2, -0.15) is 13.2 Å². The number of aryl methyl sites for hydroxylation is 2. The number of nitrogens with zero attached hydrogens (tertiary/aromatic N) is 5. The number of rotatable bonds is 3. The number of hydrogen-bond acceptors (Lipinski definition) is 4. The monoisotopic (exact) mass is 339 g/mol. The average Bonchev–Trinajstić information content (AvgIpc) is 3.06. The zero-order chi connectivity index (χ0) is 17.5. The van der Waals surface area contributed by atoms with Crippen molar-refractivity contribution in [1.82, 2.24) is 24.4 Å². The Morgan fingerprint density at radius 3 is 2.67 bits per heavy atom. The summed E-state index contributed by atoms with van der Waals surface area (Å²) in [5.74, 6) is 0.245. The molecule has 0 bridgehead atoms. The lowest BCUT2D eigenvalue weighted by atomic mass is 9.97. The van der Waals surface area contributed by atoms with E-state index >= 15 is 0 Å². The molecular weight excluding hydrogens is 319 g/mol. The maximum Gasteiger partial charge on any atom is 0.433 e. The fourth-order valence-electron chi connectivity index (χ4n) is 3.21. The maximum absolute atomic E-state index is 13.1. The topological polar surface area (TPSA) is 46.8 Å². The van der Waals surface area contributed by atoms with Crippen molar-refractivity contribution < 1.29 is 13.2 Å². The summed E-state index contributed by atoms with van der Waals surface area (Å²) in [6.07, 6.45) is 0.646. The summed E-state index contributed by atoms with van der Waals surface area (Å²) in [5.41, 5.74) is -0.151. The molecule has 1 aliphatic heterocycles. The zero-order valence-corrected chi connectivity index (χ0v) is 13.9. The van der Waals surface area contributed by atoms with Crippen molar-refractivity contribution in [1.29, 1.82) is 0 Å². The van der Waals surface area contributed by atoms with E-state index in [1.165, 1.54) is 0 Å². The molecule has 0 radical (unpaired) electrons. The Bertz CT molecular complexity index is 740. The van der Waals surface area contributed by atoms with Crippen LogP contribution in [0.3, 0.4) is 0 Å². The van der Waals surface area contributed by atoms with Gasteiger partial charge in [-0.3, -0.25) is 4.90 Å². The van der Waals surface area contributed by atoms with Crippen LogP contribution in [-0.4, -0.2) is 31.0 Å². The van der Waals surface area contributed by atoms with E-state index in [1.54, 1.807) is 19.4 Å². The third-order valence-corrected chi connectivity index (χ3v) is 4.69. The van der Waals surface area contributed by atoms with Crippen LogP contribution in [0.25, 0.3) is 0 Å². The van der Waals surface area contributed by atoms with E-state index in [9.17, 15) is 13.2 Å². The quantitative estimate of drug-likeness (QED) is 0.862. The highest BCUT2D eigenvalue weighted by Crippen LogP contribution is 2.39. The SMILES string of the molecule is Cc1cc(C(F)(F)F)nc(C2(C)CCCN2Cc2cncn2C)n1. The molecule has 24 heavy (non-hydrogen) atoms. The van der Waals surface area contributed by atoms with Gasteiger partial charge in [-0.15, -0.1) is 0 Å². The highest BCUT2D eigenvalue weighted by molar-refractivity contribution is 5.19. The van der Waals surface area contributed by atoms with E-state index in [-0.39, 0.29) is 5.82 Å². The van der Waals surface area contributed by atoms with Gasteiger partial charge in [0.15, 0.2) is 0 Å². The van der Waals surface area contributed by atoms with Crippen molar-refractivity contribution in [3.05, 3.63) is 41.5 Å². The molecule has 1 saturated heterocycles. The Hall–Kier alpha value is -1.96. The summed E-state index contributed by atoms with van der Waals surface area (Å²) in [7, 11) is 1.90. The van der Waals surface area contributed by atoms with Crippen molar-refractivity contribution in [2.24, 2.45) is 7.05 Å². The van der Waals surface area contributed by atoms with Gasteiger partial charge in [0.25, 0.3) is 0 Å². The van der Waals surface area contributed by atoms with Crippen molar-refractivity contribution in [2.45, 2.75) is 44.9 Å². The highest BCUT2D eigenvalue weighted by Gasteiger charge is 2.43. The first-order chi connectivity index (χ1) is 11.2. The van der Waals surface area contributed by atoms with Gasteiger partial charge in [-0.25, -0.2) is 15.0 Å². The smallest absolute Gasteiger partial charge is 0.337 e. The average molecular weight is 339 g/mol. The lowest BCUT2D eigenvalue weighted by Crippen LogP contribution is -2.40. The summed E-state index contributed by atoms with van der Waals surface area (Å²) < 4.78 is 41.2. The van der Waals surface area contributed by atoms with Crippen LogP contribution in [-0.2, 0) is 25.3 Å². The summed E-state index contributed by atoms with van der Waals surface area (Å²) in [4.78, 5) is 14.4. The molecule has 0 aromatic carbocycles. The fourth-order valence-corrected chi connectivity index (χ4v) is 3.21. The zero-order valence-electron chi connectivity index (χ0n) is 13.9. The molecular formula is C16H20F3N5. The Labute approximate surface area is 138 Å². The van der Waals surface area contributed by atoms with E-state index in [0.717, 1.165) is 31.1 Å². The Morgan fingerprint density at radius 1 is 1.29 bits per heavy atom. The first-order valence-electron chi connectivity index (χ1n) is 7.84. The molecule has 0 amide bonds. The summed E-state index contributed by atoms with van der Waals surface area (Å²) >= 11 is 0. The first kappa shape index (κ1) is 16.9.